The van der Waals surface area contributed by atoms with E-state index in [-0.39, 0.29) is 11.7 Å². The number of aryl methyl sites for hydroxylation is 3. The van der Waals surface area contributed by atoms with E-state index in [1.165, 1.54) is 27.5 Å². The lowest BCUT2D eigenvalue weighted by Crippen LogP contribution is -3.15. The Morgan fingerprint density at radius 1 is 1.17 bits per heavy atom. The van der Waals surface area contributed by atoms with Crippen molar-refractivity contribution in [2.75, 3.05) is 42.9 Å². The number of hydrogen-bond acceptors (Lipinski definition) is 5. The van der Waals surface area contributed by atoms with Crippen molar-refractivity contribution in [3.05, 3.63) is 46.3 Å². The van der Waals surface area contributed by atoms with Gasteiger partial charge < -0.3 is 15.1 Å². The molecule has 1 amide bonds. The number of nitrogens with zero attached hydrogens (tertiary/aromatic N) is 3. The molecule has 1 aliphatic heterocycles. The number of benzene rings is 1. The molecule has 0 saturated carbocycles. The topological polar surface area (TPSA) is 62.6 Å². The van der Waals surface area contributed by atoms with Gasteiger partial charge in [0.2, 0.25) is 0 Å². The summed E-state index contributed by atoms with van der Waals surface area (Å²) in [6.07, 6.45) is 0. The molecular weight excluding hydrogens is 389 g/mol. The number of amides is 1. The molecule has 8 heteroatoms. The van der Waals surface area contributed by atoms with E-state index in [1.54, 1.807) is 23.5 Å². The molecule has 6 nitrogen and oxygen atoms in total. The van der Waals surface area contributed by atoms with E-state index in [0.29, 0.717) is 12.2 Å². The van der Waals surface area contributed by atoms with E-state index >= 15 is 0 Å². The Morgan fingerprint density at radius 2 is 1.86 bits per heavy atom. The Hall–Kier alpha value is -2.58. The quantitative estimate of drug-likeness (QED) is 0.686. The molecule has 3 aromatic rings. The molecule has 29 heavy (non-hydrogen) atoms. The molecular formula is C21H25FN5OS+. The van der Waals surface area contributed by atoms with Gasteiger partial charge in [0.15, 0.2) is 6.54 Å². The summed E-state index contributed by atoms with van der Waals surface area (Å²) in [5.41, 5.74) is 1.88. The number of rotatable bonds is 4. The predicted octanol–water partition coefficient (Wildman–Crippen LogP) is 2.10. The molecule has 0 bridgehead atoms. The van der Waals surface area contributed by atoms with Crippen molar-refractivity contribution in [3.63, 3.8) is 0 Å². The zero-order valence-corrected chi connectivity index (χ0v) is 17.7. The zero-order valence-electron chi connectivity index (χ0n) is 16.9. The summed E-state index contributed by atoms with van der Waals surface area (Å²) >= 11 is 1.72. The number of piperazine rings is 1. The van der Waals surface area contributed by atoms with Gasteiger partial charge in [0, 0.05) is 10.6 Å². The van der Waals surface area contributed by atoms with Crippen LogP contribution < -0.4 is 15.1 Å². The van der Waals surface area contributed by atoms with Crippen LogP contribution in [0.15, 0.2) is 24.3 Å². The second-order valence-electron chi connectivity index (χ2n) is 7.53. The molecule has 0 unspecified atom stereocenters. The highest BCUT2D eigenvalue weighted by Crippen LogP contribution is 2.34. The molecule has 2 aromatic heterocycles. The Balaban J connectivity index is 1.40. The molecule has 0 aliphatic carbocycles. The van der Waals surface area contributed by atoms with Gasteiger partial charge in [-0.15, -0.1) is 11.3 Å². The minimum absolute atomic E-state index is 0.0513. The SMILES string of the molecule is Cc1nc(N2CC[NH+](CC(=O)Nc3ccc(F)cc3)CC2)c2c(C)c(C)sc2n1. The summed E-state index contributed by atoms with van der Waals surface area (Å²) in [4.78, 5) is 27.6. The molecule has 1 aromatic carbocycles. The van der Waals surface area contributed by atoms with Crippen molar-refractivity contribution < 1.29 is 14.1 Å². The van der Waals surface area contributed by atoms with E-state index in [1.807, 2.05) is 6.92 Å². The van der Waals surface area contributed by atoms with E-state index in [0.717, 1.165) is 48.0 Å². The van der Waals surface area contributed by atoms with Crippen LogP contribution in [-0.2, 0) is 4.79 Å². The molecule has 0 radical (unpaired) electrons. The number of hydrogen-bond donors (Lipinski definition) is 2. The van der Waals surface area contributed by atoms with Crippen LogP contribution in [0.1, 0.15) is 16.3 Å². The van der Waals surface area contributed by atoms with Gasteiger partial charge in [-0.25, -0.2) is 14.4 Å². The van der Waals surface area contributed by atoms with Crippen LogP contribution in [0, 0.1) is 26.6 Å². The summed E-state index contributed by atoms with van der Waals surface area (Å²) in [7, 11) is 0. The van der Waals surface area contributed by atoms with Crippen molar-refractivity contribution in [1.82, 2.24) is 9.97 Å². The highest BCUT2D eigenvalue weighted by Gasteiger charge is 2.26. The molecule has 2 N–H and O–H groups in total. The number of carbonyl (C=O) groups excluding carboxylic acids is 1. The maximum Gasteiger partial charge on any atom is 0.279 e. The highest BCUT2D eigenvalue weighted by molar-refractivity contribution is 7.18. The van der Waals surface area contributed by atoms with Gasteiger partial charge in [0.25, 0.3) is 5.91 Å². The largest absolute Gasteiger partial charge is 0.345 e. The van der Waals surface area contributed by atoms with Crippen LogP contribution in [0.3, 0.4) is 0 Å². The lowest BCUT2D eigenvalue weighted by atomic mass is 10.2. The smallest absolute Gasteiger partial charge is 0.279 e. The fraction of sp³-hybridized carbons (Fsp3) is 0.381. The Labute approximate surface area is 173 Å². The van der Waals surface area contributed by atoms with Crippen molar-refractivity contribution in [1.29, 1.82) is 0 Å². The number of thiophene rings is 1. The third-order valence-corrected chi connectivity index (χ3v) is 6.53. The van der Waals surface area contributed by atoms with Crippen LogP contribution in [0.5, 0.6) is 0 Å². The predicted molar refractivity (Wildman–Crippen MR) is 114 cm³/mol. The molecule has 1 saturated heterocycles. The minimum Gasteiger partial charge on any atom is -0.345 e. The normalized spacial score (nSPS) is 15.1. The minimum atomic E-state index is -0.310. The molecule has 1 aliphatic rings. The number of quaternary nitrogens is 1. The second-order valence-corrected chi connectivity index (χ2v) is 8.73. The van der Waals surface area contributed by atoms with Gasteiger partial charge >= 0.3 is 0 Å². The second kappa shape index (κ2) is 8.04. The van der Waals surface area contributed by atoms with E-state index in [2.05, 4.69) is 29.0 Å². The van der Waals surface area contributed by atoms with Crippen LogP contribution in [-0.4, -0.2) is 48.6 Å². The Morgan fingerprint density at radius 3 is 2.55 bits per heavy atom. The van der Waals surface area contributed by atoms with E-state index in [4.69, 9.17) is 4.98 Å². The number of halogens is 1. The molecule has 0 atom stereocenters. The lowest BCUT2D eigenvalue weighted by Gasteiger charge is -2.33. The fourth-order valence-electron chi connectivity index (χ4n) is 3.74. The molecule has 3 heterocycles. The van der Waals surface area contributed by atoms with E-state index < -0.39 is 0 Å². The number of anilines is 2. The van der Waals surface area contributed by atoms with Crippen LogP contribution in [0.4, 0.5) is 15.9 Å². The van der Waals surface area contributed by atoms with E-state index in [9.17, 15) is 9.18 Å². The molecule has 4 rings (SSSR count). The third-order valence-electron chi connectivity index (χ3n) is 5.43. The first-order chi connectivity index (χ1) is 13.9. The number of carbonyl (C=O) groups is 1. The van der Waals surface area contributed by atoms with Gasteiger partial charge in [-0.2, -0.15) is 0 Å². The van der Waals surface area contributed by atoms with Crippen LogP contribution >= 0.6 is 11.3 Å². The summed E-state index contributed by atoms with van der Waals surface area (Å²) < 4.78 is 13.0. The maximum absolute atomic E-state index is 13.0. The van der Waals surface area contributed by atoms with Crippen LogP contribution in [0.25, 0.3) is 10.2 Å². The third kappa shape index (κ3) is 4.23. The average molecular weight is 415 g/mol. The zero-order chi connectivity index (χ0) is 20.5. The summed E-state index contributed by atoms with van der Waals surface area (Å²) in [5, 5.41) is 4.00. The van der Waals surface area contributed by atoms with Gasteiger partial charge in [0.05, 0.1) is 31.6 Å². The van der Waals surface area contributed by atoms with Gasteiger partial charge in [-0.05, 0) is 50.6 Å². The summed E-state index contributed by atoms with van der Waals surface area (Å²) in [6.45, 7) is 10.0. The first-order valence-corrected chi connectivity index (χ1v) is 10.6. The Kier molecular flexibility index (Phi) is 5.47. The molecule has 152 valence electrons. The highest BCUT2D eigenvalue weighted by atomic mass is 32.1. The van der Waals surface area contributed by atoms with Crippen LogP contribution in [0.2, 0.25) is 0 Å². The van der Waals surface area contributed by atoms with Gasteiger partial charge in [0.1, 0.15) is 22.3 Å². The fourth-order valence-corrected chi connectivity index (χ4v) is 4.81. The number of aromatic nitrogens is 2. The Bertz CT molecular complexity index is 1040. The number of nitrogens with one attached hydrogen (secondary N) is 2. The first kappa shape index (κ1) is 19.7. The van der Waals surface area contributed by atoms with Crippen molar-refractivity contribution in [2.45, 2.75) is 20.8 Å². The summed E-state index contributed by atoms with van der Waals surface area (Å²) in [6, 6.07) is 5.85. The standard InChI is InChI=1S/C21H24FN5OS/c1-13-14(2)29-21-19(13)20(23-15(3)24-21)27-10-8-26(9-11-27)12-18(28)25-17-6-4-16(22)5-7-17/h4-7H,8-12H2,1-3H3,(H,25,28)/p+1. The van der Waals surface area contributed by atoms with Gasteiger partial charge in [-0.3, -0.25) is 4.79 Å². The summed E-state index contributed by atoms with van der Waals surface area (Å²) in [5.74, 6) is 1.45. The average Bonchev–Trinajstić information content (AvgIpc) is 2.97. The van der Waals surface area contributed by atoms with Gasteiger partial charge in [-0.1, -0.05) is 0 Å². The monoisotopic (exact) mass is 414 g/mol. The molecule has 1 fully saturated rings. The molecule has 0 spiro atoms. The van der Waals surface area contributed by atoms with Crippen molar-refractivity contribution in [3.8, 4) is 0 Å². The first-order valence-electron chi connectivity index (χ1n) is 9.79. The van der Waals surface area contributed by atoms with Crippen molar-refractivity contribution in [2.24, 2.45) is 0 Å². The van der Waals surface area contributed by atoms with Crippen molar-refractivity contribution >= 4 is 39.0 Å². The lowest BCUT2D eigenvalue weighted by molar-refractivity contribution is -0.892. The number of fused-ring (bicyclic) bond motifs is 1. The maximum atomic E-state index is 13.0.